The van der Waals surface area contributed by atoms with Gasteiger partial charge in [-0.05, 0) is 23.8 Å². The number of aromatic nitrogens is 1. The Labute approximate surface area is 112 Å². The minimum atomic E-state index is 0.105. The normalized spacial score (nSPS) is 11.3. The number of amidine groups is 1. The predicted octanol–water partition coefficient (Wildman–Crippen LogP) is 1.81. The molecule has 1 aromatic carbocycles. The number of nitrogens with two attached hydrogens (primary N) is 1. The van der Waals surface area contributed by atoms with E-state index in [0.717, 1.165) is 11.3 Å². The molecule has 0 aliphatic rings. The summed E-state index contributed by atoms with van der Waals surface area (Å²) in [6, 6.07) is 11.4. The number of oxime groups is 1. The molecule has 0 unspecified atom stereocenters. The van der Waals surface area contributed by atoms with Crippen molar-refractivity contribution in [1.82, 2.24) is 4.98 Å². The molecule has 5 nitrogen and oxygen atoms in total. The van der Waals surface area contributed by atoms with E-state index in [0.29, 0.717) is 12.1 Å². The zero-order chi connectivity index (χ0) is 13.7. The maximum atomic E-state index is 8.82. The van der Waals surface area contributed by atoms with Gasteiger partial charge in [-0.15, -0.1) is 0 Å². The van der Waals surface area contributed by atoms with Gasteiger partial charge in [0.1, 0.15) is 0 Å². The van der Waals surface area contributed by atoms with Crippen molar-refractivity contribution in [3.05, 3.63) is 59.9 Å². The van der Waals surface area contributed by atoms with Crippen molar-refractivity contribution >= 4 is 11.5 Å². The van der Waals surface area contributed by atoms with E-state index in [1.54, 1.807) is 6.20 Å². The lowest BCUT2D eigenvalue weighted by molar-refractivity contribution is 0.318. The van der Waals surface area contributed by atoms with Gasteiger partial charge in [-0.1, -0.05) is 23.4 Å². The van der Waals surface area contributed by atoms with Gasteiger partial charge in [0, 0.05) is 37.2 Å². The molecule has 0 bridgehead atoms. The van der Waals surface area contributed by atoms with E-state index in [-0.39, 0.29) is 5.84 Å². The largest absolute Gasteiger partial charge is 0.409 e. The van der Waals surface area contributed by atoms with Crippen LogP contribution in [-0.2, 0) is 6.54 Å². The van der Waals surface area contributed by atoms with Crippen molar-refractivity contribution < 1.29 is 5.21 Å². The van der Waals surface area contributed by atoms with Crippen LogP contribution >= 0.6 is 0 Å². The molecule has 19 heavy (non-hydrogen) atoms. The van der Waals surface area contributed by atoms with Crippen LogP contribution in [0.1, 0.15) is 11.1 Å². The number of hydrogen-bond acceptors (Lipinski definition) is 4. The van der Waals surface area contributed by atoms with Crippen LogP contribution in [0.5, 0.6) is 0 Å². The molecule has 0 fully saturated rings. The van der Waals surface area contributed by atoms with Crippen molar-refractivity contribution in [1.29, 1.82) is 0 Å². The Bertz CT molecular complexity index is 569. The van der Waals surface area contributed by atoms with E-state index in [1.165, 1.54) is 0 Å². The van der Waals surface area contributed by atoms with Crippen molar-refractivity contribution in [2.75, 3.05) is 11.9 Å². The van der Waals surface area contributed by atoms with Crippen LogP contribution in [0, 0.1) is 0 Å². The second-order valence-electron chi connectivity index (χ2n) is 4.22. The molecule has 2 aromatic rings. The Morgan fingerprint density at radius 3 is 2.79 bits per heavy atom. The highest BCUT2D eigenvalue weighted by atomic mass is 16.4. The highest BCUT2D eigenvalue weighted by molar-refractivity contribution is 6.02. The summed E-state index contributed by atoms with van der Waals surface area (Å²) in [5.41, 5.74) is 8.39. The highest BCUT2D eigenvalue weighted by Gasteiger charge is 2.10. The van der Waals surface area contributed by atoms with Crippen LogP contribution < -0.4 is 10.6 Å². The smallest absolute Gasteiger partial charge is 0.172 e. The average molecular weight is 256 g/mol. The summed E-state index contributed by atoms with van der Waals surface area (Å²) in [6.07, 6.45) is 3.57. The van der Waals surface area contributed by atoms with Crippen molar-refractivity contribution in [3.8, 4) is 0 Å². The molecule has 0 radical (unpaired) electrons. The molecular weight excluding hydrogens is 240 g/mol. The fourth-order valence-electron chi connectivity index (χ4n) is 1.93. The van der Waals surface area contributed by atoms with Crippen LogP contribution in [-0.4, -0.2) is 23.1 Å². The third-order valence-corrected chi connectivity index (χ3v) is 2.84. The van der Waals surface area contributed by atoms with Crippen LogP contribution in [0.15, 0.2) is 53.9 Å². The van der Waals surface area contributed by atoms with Gasteiger partial charge in [0.15, 0.2) is 5.84 Å². The quantitative estimate of drug-likeness (QED) is 0.378. The zero-order valence-electron chi connectivity index (χ0n) is 10.7. The molecule has 0 amide bonds. The zero-order valence-corrected chi connectivity index (χ0v) is 10.7. The molecular formula is C14H16N4O. The third kappa shape index (κ3) is 3.01. The van der Waals surface area contributed by atoms with E-state index < -0.39 is 0 Å². The first-order valence-corrected chi connectivity index (χ1v) is 5.89. The van der Waals surface area contributed by atoms with E-state index >= 15 is 0 Å². The lowest BCUT2D eigenvalue weighted by Gasteiger charge is -2.22. The standard InChI is InChI=1S/C14H16N4O/c1-18(10-11-5-4-8-16-9-11)13-7-3-2-6-12(13)14(15)17-19/h2-9,19H,10H2,1H3,(H2,15,17). The predicted molar refractivity (Wildman–Crippen MR) is 75.3 cm³/mol. The fourth-order valence-corrected chi connectivity index (χ4v) is 1.93. The second-order valence-corrected chi connectivity index (χ2v) is 4.22. The topological polar surface area (TPSA) is 74.7 Å². The monoisotopic (exact) mass is 256 g/mol. The molecule has 5 heteroatoms. The van der Waals surface area contributed by atoms with Gasteiger partial charge in [-0.3, -0.25) is 4.98 Å². The number of pyridine rings is 1. The minimum Gasteiger partial charge on any atom is -0.409 e. The SMILES string of the molecule is CN(Cc1cccnc1)c1ccccc1/C(N)=N/O. The molecule has 0 saturated heterocycles. The molecule has 98 valence electrons. The molecule has 1 aromatic heterocycles. The van der Waals surface area contributed by atoms with Gasteiger partial charge in [-0.2, -0.15) is 0 Å². The first kappa shape index (κ1) is 12.9. The molecule has 0 atom stereocenters. The van der Waals surface area contributed by atoms with Crippen LogP contribution in [0.25, 0.3) is 0 Å². The Morgan fingerprint density at radius 2 is 2.11 bits per heavy atom. The van der Waals surface area contributed by atoms with E-state index in [9.17, 15) is 0 Å². The van der Waals surface area contributed by atoms with Gasteiger partial charge < -0.3 is 15.8 Å². The lowest BCUT2D eigenvalue weighted by atomic mass is 10.1. The van der Waals surface area contributed by atoms with Gasteiger partial charge in [0.05, 0.1) is 0 Å². The Hall–Kier alpha value is -2.56. The fraction of sp³-hybridized carbons (Fsp3) is 0.143. The Kier molecular flexibility index (Phi) is 3.97. The summed E-state index contributed by atoms with van der Waals surface area (Å²) in [6.45, 7) is 0.698. The molecule has 2 rings (SSSR count). The molecule has 1 heterocycles. The summed E-state index contributed by atoms with van der Waals surface area (Å²) < 4.78 is 0. The van der Waals surface area contributed by atoms with E-state index in [4.69, 9.17) is 10.9 Å². The van der Waals surface area contributed by atoms with Crippen molar-refractivity contribution in [2.24, 2.45) is 10.9 Å². The maximum absolute atomic E-state index is 8.82. The number of anilines is 1. The summed E-state index contributed by atoms with van der Waals surface area (Å²) in [5, 5.41) is 11.9. The lowest BCUT2D eigenvalue weighted by Crippen LogP contribution is -2.22. The average Bonchev–Trinajstić information content (AvgIpc) is 2.47. The van der Waals surface area contributed by atoms with Crippen LogP contribution in [0.4, 0.5) is 5.69 Å². The molecule has 0 aliphatic heterocycles. The summed E-state index contributed by atoms with van der Waals surface area (Å²) in [4.78, 5) is 6.12. The third-order valence-electron chi connectivity index (χ3n) is 2.84. The minimum absolute atomic E-state index is 0.105. The van der Waals surface area contributed by atoms with Gasteiger partial charge in [0.2, 0.25) is 0 Å². The highest BCUT2D eigenvalue weighted by Crippen LogP contribution is 2.20. The van der Waals surface area contributed by atoms with Crippen LogP contribution in [0.3, 0.4) is 0 Å². The number of para-hydroxylation sites is 1. The van der Waals surface area contributed by atoms with Gasteiger partial charge in [0.25, 0.3) is 0 Å². The molecule has 3 N–H and O–H groups in total. The molecule has 0 saturated carbocycles. The van der Waals surface area contributed by atoms with Crippen molar-refractivity contribution in [2.45, 2.75) is 6.54 Å². The molecule has 0 aliphatic carbocycles. The number of hydrogen-bond donors (Lipinski definition) is 2. The van der Waals surface area contributed by atoms with Crippen molar-refractivity contribution in [3.63, 3.8) is 0 Å². The Balaban J connectivity index is 2.27. The maximum Gasteiger partial charge on any atom is 0.172 e. The number of nitrogens with zero attached hydrogens (tertiary/aromatic N) is 3. The van der Waals surface area contributed by atoms with E-state index in [1.807, 2.05) is 54.5 Å². The van der Waals surface area contributed by atoms with E-state index in [2.05, 4.69) is 10.1 Å². The number of benzene rings is 1. The summed E-state index contributed by atoms with van der Waals surface area (Å²) >= 11 is 0. The first-order valence-electron chi connectivity index (χ1n) is 5.89. The number of rotatable bonds is 4. The second kappa shape index (κ2) is 5.86. The summed E-state index contributed by atoms with van der Waals surface area (Å²) in [7, 11) is 1.95. The van der Waals surface area contributed by atoms with Gasteiger partial charge >= 0.3 is 0 Å². The molecule has 0 spiro atoms. The summed E-state index contributed by atoms with van der Waals surface area (Å²) in [5.74, 6) is 0.105. The Morgan fingerprint density at radius 1 is 1.32 bits per heavy atom. The first-order chi connectivity index (χ1) is 9.22. The van der Waals surface area contributed by atoms with Gasteiger partial charge in [-0.25, -0.2) is 0 Å². The van der Waals surface area contributed by atoms with Crippen LogP contribution in [0.2, 0.25) is 0 Å².